The molecule has 7 heteroatoms. The fraction of sp³-hybridized carbons (Fsp3) is 0.292. The van der Waals surface area contributed by atoms with Crippen LogP contribution in [-0.4, -0.2) is 11.9 Å². The van der Waals surface area contributed by atoms with E-state index in [1.807, 2.05) is 56.3 Å². The van der Waals surface area contributed by atoms with E-state index in [1.165, 1.54) is 18.2 Å². The van der Waals surface area contributed by atoms with Crippen molar-refractivity contribution in [2.45, 2.75) is 38.5 Å². The Kier molecular flexibility index (Phi) is 5.47. The fourth-order valence-corrected chi connectivity index (χ4v) is 4.62. The van der Waals surface area contributed by atoms with Gasteiger partial charge in [0.1, 0.15) is 0 Å². The summed E-state index contributed by atoms with van der Waals surface area (Å²) in [6.45, 7) is 4.10. The molecule has 1 heterocycles. The van der Waals surface area contributed by atoms with Gasteiger partial charge in [-0.1, -0.05) is 78.6 Å². The summed E-state index contributed by atoms with van der Waals surface area (Å²) in [5, 5.41) is 4.11. The van der Waals surface area contributed by atoms with Crippen molar-refractivity contribution in [3.05, 3.63) is 87.4 Å². The fourth-order valence-electron chi connectivity index (χ4n) is 4.09. The molecular formula is C24H20Cl2F3NO. The second-order valence-electron chi connectivity index (χ2n) is 8.59. The lowest BCUT2D eigenvalue weighted by Gasteiger charge is -2.30. The maximum Gasteiger partial charge on any atom is 0.435 e. The Balaban J connectivity index is 1.74. The van der Waals surface area contributed by atoms with E-state index in [4.69, 9.17) is 28.0 Å². The first kappa shape index (κ1) is 22.0. The molecule has 4 rings (SSSR count). The molecule has 162 valence electrons. The Morgan fingerprint density at radius 3 is 2.23 bits per heavy atom. The molecule has 0 N–H and O–H groups in total. The SMILES string of the molecule is CC1(C)C=C(C2=NO[C@@](c3cc(Cl)cc(Cl)c3)(C(F)(F)F)C2)C=C(c2ccccc2)C1. The van der Waals surface area contributed by atoms with Gasteiger partial charge in [-0.15, -0.1) is 0 Å². The first-order valence-corrected chi connectivity index (χ1v) is 10.5. The first-order chi connectivity index (χ1) is 14.5. The van der Waals surface area contributed by atoms with Gasteiger partial charge < -0.3 is 4.84 Å². The Labute approximate surface area is 189 Å². The molecule has 0 aromatic heterocycles. The van der Waals surface area contributed by atoms with E-state index in [1.54, 1.807) is 0 Å². The van der Waals surface area contributed by atoms with Gasteiger partial charge >= 0.3 is 6.18 Å². The Morgan fingerprint density at radius 2 is 1.61 bits per heavy atom. The second-order valence-corrected chi connectivity index (χ2v) is 9.46. The maximum absolute atomic E-state index is 14.3. The molecule has 0 saturated carbocycles. The van der Waals surface area contributed by atoms with Crippen LogP contribution in [0.5, 0.6) is 0 Å². The van der Waals surface area contributed by atoms with Gasteiger partial charge in [0.15, 0.2) is 0 Å². The van der Waals surface area contributed by atoms with Crippen molar-refractivity contribution in [2.24, 2.45) is 10.6 Å². The van der Waals surface area contributed by atoms with Crippen molar-refractivity contribution in [1.29, 1.82) is 0 Å². The lowest BCUT2D eigenvalue weighted by Crippen LogP contribution is -2.42. The van der Waals surface area contributed by atoms with Gasteiger partial charge in [-0.3, -0.25) is 0 Å². The van der Waals surface area contributed by atoms with Crippen LogP contribution < -0.4 is 0 Å². The number of alkyl halides is 3. The van der Waals surface area contributed by atoms with Crippen LogP contribution in [0.25, 0.3) is 5.57 Å². The van der Waals surface area contributed by atoms with E-state index < -0.39 is 18.2 Å². The molecule has 2 aromatic carbocycles. The molecule has 0 bridgehead atoms. The average Bonchev–Trinajstić information content (AvgIpc) is 3.14. The minimum absolute atomic E-state index is 0.104. The van der Waals surface area contributed by atoms with Crippen molar-refractivity contribution in [2.75, 3.05) is 0 Å². The highest BCUT2D eigenvalue weighted by atomic mass is 35.5. The summed E-state index contributed by atoms with van der Waals surface area (Å²) in [4.78, 5) is 5.15. The van der Waals surface area contributed by atoms with Crippen LogP contribution in [0, 0.1) is 5.41 Å². The lowest BCUT2D eigenvalue weighted by molar-refractivity contribution is -0.275. The Morgan fingerprint density at radius 1 is 0.968 bits per heavy atom. The number of hydrogen-bond donors (Lipinski definition) is 0. The van der Waals surface area contributed by atoms with Crippen LogP contribution in [0.1, 0.15) is 37.8 Å². The van der Waals surface area contributed by atoms with Crippen molar-refractivity contribution in [3.63, 3.8) is 0 Å². The molecule has 0 unspecified atom stereocenters. The van der Waals surface area contributed by atoms with Crippen molar-refractivity contribution < 1.29 is 18.0 Å². The van der Waals surface area contributed by atoms with E-state index in [0.29, 0.717) is 5.57 Å². The van der Waals surface area contributed by atoms with Crippen molar-refractivity contribution in [1.82, 2.24) is 0 Å². The highest BCUT2D eigenvalue weighted by molar-refractivity contribution is 6.34. The maximum atomic E-state index is 14.3. The normalized spacial score (nSPS) is 23.0. The summed E-state index contributed by atoms with van der Waals surface area (Å²) in [5.41, 5.74) is -0.102. The molecule has 1 aliphatic carbocycles. The van der Waals surface area contributed by atoms with Gasteiger partial charge in [0.2, 0.25) is 0 Å². The number of nitrogens with zero attached hydrogens (tertiary/aromatic N) is 1. The minimum Gasteiger partial charge on any atom is -0.374 e. The molecule has 0 amide bonds. The van der Waals surface area contributed by atoms with Gasteiger partial charge in [0.05, 0.1) is 5.71 Å². The van der Waals surface area contributed by atoms with Crippen LogP contribution in [0.15, 0.2) is 71.4 Å². The van der Waals surface area contributed by atoms with Gasteiger partial charge in [-0.05, 0) is 52.8 Å². The third-order valence-corrected chi connectivity index (χ3v) is 5.95. The zero-order valence-electron chi connectivity index (χ0n) is 16.9. The number of rotatable bonds is 3. The first-order valence-electron chi connectivity index (χ1n) is 9.77. The second kappa shape index (κ2) is 7.72. The lowest BCUT2D eigenvalue weighted by atomic mass is 9.75. The minimum atomic E-state index is -4.72. The van der Waals surface area contributed by atoms with Gasteiger partial charge in [-0.2, -0.15) is 13.2 Å². The number of benzene rings is 2. The summed E-state index contributed by atoms with van der Waals surface area (Å²) in [6.07, 6.45) is -0.557. The van der Waals surface area contributed by atoms with Gasteiger partial charge in [0.25, 0.3) is 5.60 Å². The van der Waals surface area contributed by atoms with Crippen LogP contribution in [0.4, 0.5) is 13.2 Å². The number of hydrogen-bond acceptors (Lipinski definition) is 2. The van der Waals surface area contributed by atoms with Gasteiger partial charge in [-0.25, -0.2) is 0 Å². The molecule has 0 saturated heterocycles. The Hall–Kier alpha value is -2.24. The molecule has 1 atom stereocenters. The van der Waals surface area contributed by atoms with Crippen LogP contribution >= 0.6 is 23.2 Å². The molecule has 1 aliphatic heterocycles. The molecule has 31 heavy (non-hydrogen) atoms. The van der Waals surface area contributed by atoms with E-state index in [-0.39, 0.29) is 26.7 Å². The Bertz CT molecular complexity index is 1080. The third-order valence-electron chi connectivity index (χ3n) is 5.51. The van der Waals surface area contributed by atoms with Crippen molar-refractivity contribution in [3.8, 4) is 0 Å². The quantitative estimate of drug-likeness (QED) is 0.450. The largest absolute Gasteiger partial charge is 0.435 e. The highest BCUT2D eigenvalue weighted by Gasteiger charge is 2.62. The molecule has 0 spiro atoms. The summed E-state index contributed by atoms with van der Waals surface area (Å²) in [5.74, 6) is 0. The van der Waals surface area contributed by atoms with Crippen LogP contribution in [0.2, 0.25) is 10.0 Å². The van der Waals surface area contributed by atoms with E-state index in [2.05, 4.69) is 5.16 Å². The molecule has 2 aliphatic rings. The molecular weight excluding hydrogens is 446 g/mol. The summed E-state index contributed by atoms with van der Waals surface area (Å²) in [7, 11) is 0. The zero-order chi connectivity index (χ0) is 22.4. The molecule has 0 radical (unpaired) electrons. The van der Waals surface area contributed by atoms with E-state index in [9.17, 15) is 13.2 Å². The predicted octanol–water partition coefficient (Wildman–Crippen LogP) is 7.97. The van der Waals surface area contributed by atoms with E-state index in [0.717, 1.165) is 17.6 Å². The predicted molar refractivity (Wildman–Crippen MR) is 118 cm³/mol. The zero-order valence-corrected chi connectivity index (χ0v) is 18.4. The standard InChI is InChI=1S/C24H20Cl2F3NO/c1-22(2)12-16(15-6-4-3-5-7-15)8-17(13-22)21-14-23(31-30-21,24(27,28)29)18-9-19(25)11-20(26)10-18/h3-11,13H,12,14H2,1-2H3/t23-/m0/s1. The van der Waals surface area contributed by atoms with E-state index >= 15 is 0 Å². The number of halogens is 5. The summed E-state index contributed by atoms with van der Waals surface area (Å²) < 4.78 is 42.8. The van der Waals surface area contributed by atoms with Crippen LogP contribution in [0.3, 0.4) is 0 Å². The number of oxime groups is 1. The average molecular weight is 466 g/mol. The third kappa shape index (κ3) is 4.26. The highest BCUT2D eigenvalue weighted by Crippen LogP contribution is 2.50. The topological polar surface area (TPSA) is 21.6 Å². The monoisotopic (exact) mass is 465 g/mol. The molecule has 2 aromatic rings. The summed E-state index contributed by atoms with van der Waals surface area (Å²) >= 11 is 12.0. The molecule has 2 nitrogen and oxygen atoms in total. The van der Waals surface area contributed by atoms with Crippen molar-refractivity contribution >= 4 is 34.5 Å². The molecule has 0 fully saturated rings. The smallest absolute Gasteiger partial charge is 0.374 e. The van der Waals surface area contributed by atoms with Gasteiger partial charge in [0, 0.05) is 22.0 Å². The van der Waals surface area contributed by atoms with Crippen LogP contribution in [-0.2, 0) is 10.4 Å². The summed E-state index contributed by atoms with van der Waals surface area (Å²) in [6, 6.07) is 13.6. The number of allylic oxidation sites excluding steroid dienone is 4.